The second-order valence-corrected chi connectivity index (χ2v) is 3.81. The summed E-state index contributed by atoms with van der Waals surface area (Å²) in [6, 6.07) is 11.1. The fraction of sp³-hybridized carbons (Fsp3) is 0.417. The molecule has 3 heteroatoms. The second-order valence-electron chi connectivity index (χ2n) is 3.81. The number of aliphatic imine (C=N–C) groups is 1. The molecule has 0 aliphatic carbocycles. The highest BCUT2D eigenvalue weighted by molar-refractivity contribution is 5.72. The third-order valence-electron chi connectivity index (χ3n) is 2.58. The number of benzene rings is 1. The summed E-state index contributed by atoms with van der Waals surface area (Å²) in [6.07, 6.45) is 3.29. The smallest absolute Gasteiger partial charge is 0.282 e. The molecule has 0 fully saturated rings. The zero-order valence-corrected chi connectivity index (χ0v) is 8.73. The Hall–Kier alpha value is -1.51. The van der Waals surface area contributed by atoms with Crippen molar-refractivity contribution in [3.63, 3.8) is 0 Å². The van der Waals surface area contributed by atoms with Gasteiger partial charge in [-0.2, -0.15) is 0 Å². The molecule has 0 bridgehead atoms. The van der Waals surface area contributed by atoms with E-state index in [4.69, 9.17) is 10.5 Å². The molecule has 2 rings (SSSR count). The molecule has 2 N–H and O–H groups in total. The summed E-state index contributed by atoms with van der Waals surface area (Å²) in [5, 5.41) is 0. The van der Waals surface area contributed by atoms with Gasteiger partial charge in [0.1, 0.15) is 6.61 Å². The summed E-state index contributed by atoms with van der Waals surface area (Å²) < 4.78 is 5.10. The van der Waals surface area contributed by atoms with Gasteiger partial charge in [-0.1, -0.05) is 30.3 Å². The summed E-state index contributed by atoms with van der Waals surface area (Å²) in [6.45, 7) is 0.653. The van der Waals surface area contributed by atoms with Crippen LogP contribution >= 0.6 is 0 Å². The van der Waals surface area contributed by atoms with Crippen LogP contribution in [-0.2, 0) is 11.2 Å². The van der Waals surface area contributed by atoms with Crippen LogP contribution in [0.1, 0.15) is 18.4 Å². The lowest BCUT2D eigenvalue weighted by atomic mass is 10.1. The first kappa shape index (κ1) is 10.0. The third-order valence-corrected chi connectivity index (χ3v) is 2.58. The van der Waals surface area contributed by atoms with Gasteiger partial charge in [0.2, 0.25) is 0 Å². The van der Waals surface area contributed by atoms with Crippen LogP contribution in [0.25, 0.3) is 0 Å². The lowest BCUT2D eigenvalue weighted by Crippen LogP contribution is -2.10. The van der Waals surface area contributed by atoms with Crippen LogP contribution in [0.3, 0.4) is 0 Å². The number of nitrogens with zero attached hydrogens (tertiary/aromatic N) is 1. The zero-order chi connectivity index (χ0) is 10.5. The third kappa shape index (κ3) is 2.98. The summed E-state index contributed by atoms with van der Waals surface area (Å²) in [4.78, 5) is 4.19. The molecule has 0 saturated heterocycles. The van der Waals surface area contributed by atoms with E-state index in [0.29, 0.717) is 12.6 Å². The number of aryl methyl sites for hydroxylation is 1. The van der Waals surface area contributed by atoms with Crippen molar-refractivity contribution in [3.05, 3.63) is 35.9 Å². The van der Waals surface area contributed by atoms with Gasteiger partial charge in [-0.25, -0.2) is 4.99 Å². The predicted molar refractivity (Wildman–Crippen MR) is 60.7 cm³/mol. The number of nitrogens with two attached hydrogens (primary N) is 1. The summed E-state index contributed by atoms with van der Waals surface area (Å²) >= 11 is 0. The normalized spacial score (nSPS) is 19.7. The number of hydrogen-bond donors (Lipinski definition) is 1. The number of rotatable bonds is 4. The van der Waals surface area contributed by atoms with E-state index >= 15 is 0 Å². The molecular weight excluding hydrogens is 188 g/mol. The van der Waals surface area contributed by atoms with Gasteiger partial charge in [-0.3, -0.25) is 0 Å². The largest absolute Gasteiger partial charge is 0.463 e. The van der Waals surface area contributed by atoms with Crippen molar-refractivity contribution in [2.24, 2.45) is 10.7 Å². The molecule has 3 nitrogen and oxygen atoms in total. The van der Waals surface area contributed by atoms with E-state index in [1.54, 1.807) is 0 Å². The molecule has 0 spiro atoms. The molecule has 0 unspecified atom stereocenters. The first-order valence-corrected chi connectivity index (χ1v) is 5.34. The van der Waals surface area contributed by atoms with Crippen LogP contribution < -0.4 is 5.73 Å². The maximum atomic E-state index is 5.44. The molecule has 1 heterocycles. The van der Waals surface area contributed by atoms with Crippen molar-refractivity contribution < 1.29 is 4.74 Å². The SMILES string of the molecule is NC1=N[C@H](CCCc2ccccc2)CO1. The van der Waals surface area contributed by atoms with Crippen LogP contribution in [0.5, 0.6) is 0 Å². The van der Waals surface area contributed by atoms with E-state index in [-0.39, 0.29) is 6.04 Å². The highest BCUT2D eigenvalue weighted by Crippen LogP contribution is 2.11. The van der Waals surface area contributed by atoms with Crippen molar-refractivity contribution in [2.45, 2.75) is 25.3 Å². The molecule has 1 aromatic rings. The molecule has 80 valence electrons. The summed E-state index contributed by atoms with van der Waals surface area (Å²) in [5.41, 5.74) is 6.82. The van der Waals surface area contributed by atoms with E-state index in [2.05, 4.69) is 29.3 Å². The van der Waals surface area contributed by atoms with Gasteiger partial charge in [0.05, 0.1) is 6.04 Å². The maximum absolute atomic E-state index is 5.44. The molecule has 15 heavy (non-hydrogen) atoms. The Bertz CT molecular complexity index is 335. The molecule has 1 aliphatic heterocycles. The van der Waals surface area contributed by atoms with Gasteiger partial charge in [0.15, 0.2) is 0 Å². The highest BCUT2D eigenvalue weighted by Gasteiger charge is 2.15. The average Bonchev–Trinajstić information content (AvgIpc) is 2.66. The van der Waals surface area contributed by atoms with Crippen molar-refractivity contribution in [2.75, 3.05) is 6.61 Å². The van der Waals surface area contributed by atoms with Crippen molar-refractivity contribution in [3.8, 4) is 0 Å². The zero-order valence-electron chi connectivity index (χ0n) is 8.73. The van der Waals surface area contributed by atoms with Gasteiger partial charge in [-0.05, 0) is 24.8 Å². The van der Waals surface area contributed by atoms with Crippen LogP contribution in [0, 0.1) is 0 Å². The number of ether oxygens (including phenoxy) is 1. The van der Waals surface area contributed by atoms with Gasteiger partial charge in [-0.15, -0.1) is 0 Å². The van der Waals surface area contributed by atoms with Crippen molar-refractivity contribution in [1.29, 1.82) is 0 Å². The van der Waals surface area contributed by atoms with Crippen molar-refractivity contribution >= 4 is 6.02 Å². The Kier molecular flexibility index (Phi) is 3.22. The number of hydrogen-bond acceptors (Lipinski definition) is 3. The molecule has 1 atom stereocenters. The van der Waals surface area contributed by atoms with Gasteiger partial charge in [0.25, 0.3) is 6.02 Å². The minimum absolute atomic E-state index is 0.272. The lowest BCUT2D eigenvalue weighted by Gasteiger charge is -2.04. The fourth-order valence-corrected chi connectivity index (χ4v) is 1.77. The van der Waals surface area contributed by atoms with Gasteiger partial charge >= 0.3 is 0 Å². The lowest BCUT2D eigenvalue weighted by molar-refractivity contribution is 0.306. The molecular formula is C12H16N2O. The first-order valence-electron chi connectivity index (χ1n) is 5.34. The standard InChI is InChI=1S/C12H16N2O/c13-12-14-11(9-15-12)8-4-7-10-5-2-1-3-6-10/h1-3,5-6,11H,4,7-9H2,(H2,13,14)/t11-/m1/s1. The Morgan fingerprint density at radius 2 is 2.13 bits per heavy atom. The van der Waals surface area contributed by atoms with Crippen molar-refractivity contribution in [1.82, 2.24) is 0 Å². The molecule has 1 aromatic carbocycles. The monoisotopic (exact) mass is 204 g/mol. The van der Waals surface area contributed by atoms with Crippen LogP contribution in [-0.4, -0.2) is 18.7 Å². The van der Waals surface area contributed by atoms with Crippen LogP contribution in [0.4, 0.5) is 0 Å². The molecule has 0 amide bonds. The molecule has 0 radical (unpaired) electrons. The number of amidine groups is 1. The van der Waals surface area contributed by atoms with E-state index < -0.39 is 0 Å². The van der Waals surface area contributed by atoms with Crippen LogP contribution in [0.2, 0.25) is 0 Å². The Balaban J connectivity index is 1.72. The molecule has 0 saturated carbocycles. The average molecular weight is 204 g/mol. The minimum atomic E-state index is 0.272. The van der Waals surface area contributed by atoms with E-state index in [9.17, 15) is 0 Å². The second kappa shape index (κ2) is 4.82. The first-order chi connectivity index (χ1) is 7.34. The van der Waals surface area contributed by atoms with E-state index in [1.165, 1.54) is 5.56 Å². The fourth-order valence-electron chi connectivity index (χ4n) is 1.77. The molecule has 1 aliphatic rings. The predicted octanol–water partition coefficient (Wildman–Crippen LogP) is 1.72. The minimum Gasteiger partial charge on any atom is -0.463 e. The van der Waals surface area contributed by atoms with E-state index in [0.717, 1.165) is 19.3 Å². The Morgan fingerprint density at radius 1 is 1.33 bits per heavy atom. The summed E-state index contributed by atoms with van der Waals surface area (Å²) in [5.74, 6) is 0. The quantitative estimate of drug-likeness (QED) is 0.811. The Labute approximate surface area is 90.0 Å². The van der Waals surface area contributed by atoms with E-state index in [1.807, 2.05) is 6.07 Å². The van der Waals surface area contributed by atoms with Crippen LogP contribution in [0.15, 0.2) is 35.3 Å². The molecule has 0 aromatic heterocycles. The van der Waals surface area contributed by atoms with Gasteiger partial charge in [0, 0.05) is 0 Å². The highest BCUT2D eigenvalue weighted by atomic mass is 16.5. The summed E-state index contributed by atoms with van der Waals surface area (Å²) in [7, 11) is 0. The maximum Gasteiger partial charge on any atom is 0.282 e. The Morgan fingerprint density at radius 3 is 2.80 bits per heavy atom. The topological polar surface area (TPSA) is 47.6 Å². The van der Waals surface area contributed by atoms with Gasteiger partial charge < -0.3 is 10.5 Å².